The van der Waals surface area contributed by atoms with E-state index in [1.54, 1.807) is 24.3 Å². The van der Waals surface area contributed by atoms with E-state index in [0.717, 1.165) is 38.7 Å². The van der Waals surface area contributed by atoms with E-state index in [9.17, 15) is 14.4 Å². The zero-order valence-corrected chi connectivity index (χ0v) is 27.0. The minimum Gasteiger partial charge on any atom is -0.467 e. The van der Waals surface area contributed by atoms with Gasteiger partial charge >= 0.3 is 12.1 Å². The number of carbonyl (C=O) groups is 2. The van der Waals surface area contributed by atoms with Gasteiger partial charge in [0.15, 0.2) is 0 Å². The van der Waals surface area contributed by atoms with E-state index in [4.69, 9.17) is 14.5 Å². The lowest BCUT2D eigenvalue weighted by molar-refractivity contribution is -0.144. The third-order valence-corrected chi connectivity index (χ3v) is 9.27. The first kappa shape index (κ1) is 30.9. The van der Waals surface area contributed by atoms with Crippen LogP contribution in [0.3, 0.4) is 0 Å². The molecular formula is C39H36N4O5. The number of carbonyl (C=O) groups excluding carboxylic acids is 2. The Bertz CT molecular complexity index is 2170. The highest BCUT2D eigenvalue weighted by molar-refractivity contribution is 5.85. The summed E-state index contributed by atoms with van der Waals surface area (Å²) in [6, 6.07) is 29.3. The maximum atomic E-state index is 14.3. The minimum atomic E-state index is -1.06. The Hall–Kier alpha value is -5.70. The van der Waals surface area contributed by atoms with Gasteiger partial charge in [-0.05, 0) is 51.9 Å². The highest BCUT2D eigenvalue weighted by Crippen LogP contribution is 2.44. The number of para-hydroxylation sites is 2. The molecule has 48 heavy (non-hydrogen) atoms. The summed E-state index contributed by atoms with van der Waals surface area (Å²) in [5.41, 5.74) is 6.31. The van der Waals surface area contributed by atoms with Crippen molar-refractivity contribution in [3.05, 3.63) is 136 Å². The van der Waals surface area contributed by atoms with Crippen molar-refractivity contribution < 1.29 is 19.1 Å². The van der Waals surface area contributed by atoms with Crippen LogP contribution in [0.15, 0.2) is 108 Å². The third-order valence-electron chi connectivity index (χ3n) is 9.27. The third kappa shape index (κ3) is 5.51. The summed E-state index contributed by atoms with van der Waals surface area (Å²) in [6.45, 7) is 3.98. The van der Waals surface area contributed by atoms with Gasteiger partial charge in [0.05, 0.1) is 24.1 Å². The van der Waals surface area contributed by atoms with Crippen LogP contribution in [0.25, 0.3) is 32.9 Å². The van der Waals surface area contributed by atoms with Crippen molar-refractivity contribution in [3.63, 3.8) is 0 Å². The van der Waals surface area contributed by atoms with Gasteiger partial charge in [-0.3, -0.25) is 9.36 Å². The van der Waals surface area contributed by atoms with Gasteiger partial charge in [-0.2, -0.15) is 0 Å². The minimum absolute atomic E-state index is 0.113. The van der Waals surface area contributed by atoms with E-state index in [-0.39, 0.29) is 30.7 Å². The van der Waals surface area contributed by atoms with Crippen molar-refractivity contribution in [2.75, 3.05) is 13.7 Å². The van der Waals surface area contributed by atoms with Crippen LogP contribution in [0.4, 0.5) is 4.79 Å². The number of fused-ring (bicyclic) bond motifs is 5. The molecule has 2 atom stereocenters. The van der Waals surface area contributed by atoms with Crippen LogP contribution in [0.5, 0.6) is 0 Å². The summed E-state index contributed by atoms with van der Waals surface area (Å²) < 4.78 is 12.6. The first-order chi connectivity index (χ1) is 23.4. The van der Waals surface area contributed by atoms with Gasteiger partial charge in [-0.15, -0.1) is 0 Å². The number of benzene rings is 4. The average Bonchev–Trinajstić information content (AvgIpc) is 3.67. The van der Waals surface area contributed by atoms with Crippen LogP contribution < -0.4 is 10.9 Å². The molecule has 0 radical (unpaired) electrons. The van der Waals surface area contributed by atoms with Crippen molar-refractivity contribution in [2.24, 2.45) is 5.92 Å². The molecule has 0 fully saturated rings. The molecule has 9 nitrogen and oxygen atoms in total. The monoisotopic (exact) mass is 640 g/mol. The van der Waals surface area contributed by atoms with E-state index in [1.165, 1.54) is 11.7 Å². The van der Waals surface area contributed by atoms with Gasteiger partial charge in [0.1, 0.15) is 18.5 Å². The molecule has 1 aliphatic carbocycles. The Kier molecular flexibility index (Phi) is 8.27. The maximum Gasteiger partial charge on any atom is 0.407 e. The number of hydrogen-bond acceptors (Lipinski definition) is 6. The normalized spacial score (nSPS) is 13.7. The summed E-state index contributed by atoms with van der Waals surface area (Å²) in [4.78, 5) is 49.6. The summed E-state index contributed by atoms with van der Waals surface area (Å²) >= 11 is 0. The topological polar surface area (TPSA) is 115 Å². The summed E-state index contributed by atoms with van der Waals surface area (Å²) in [5.74, 6) is -0.685. The van der Waals surface area contributed by atoms with Crippen molar-refractivity contribution >= 4 is 33.9 Å². The number of alkyl carbamates (subject to hydrolysis) is 1. The lowest BCUT2D eigenvalue weighted by Gasteiger charge is -2.28. The van der Waals surface area contributed by atoms with Gasteiger partial charge in [0, 0.05) is 29.4 Å². The molecule has 2 aromatic heterocycles. The smallest absolute Gasteiger partial charge is 0.407 e. The Balaban J connectivity index is 1.24. The molecule has 1 amide bonds. The SMILES string of the molecule is COC(=O)[C@@H](Cc1c[nH]c2ccccc12)n1c([C@@H](NC(=O)OCC2c3ccccc3-c3ccccc32)C(C)C)nc2ccccc2c1=O. The fourth-order valence-corrected chi connectivity index (χ4v) is 6.90. The van der Waals surface area contributed by atoms with Gasteiger partial charge in [0.2, 0.25) is 0 Å². The van der Waals surface area contributed by atoms with E-state index in [0.29, 0.717) is 10.9 Å². The van der Waals surface area contributed by atoms with Crippen LogP contribution in [-0.4, -0.2) is 40.3 Å². The Morgan fingerprint density at radius 3 is 2.19 bits per heavy atom. The zero-order valence-electron chi connectivity index (χ0n) is 27.0. The molecule has 0 unspecified atom stereocenters. The van der Waals surface area contributed by atoms with Crippen molar-refractivity contribution in [1.82, 2.24) is 19.9 Å². The summed E-state index contributed by atoms with van der Waals surface area (Å²) in [5, 5.41) is 4.29. The highest BCUT2D eigenvalue weighted by atomic mass is 16.5. The number of ether oxygens (including phenoxy) is 2. The van der Waals surface area contributed by atoms with Crippen LogP contribution >= 0.6 is 0 Å². The second-order valence-electron chi connectivity index (χ2n) is 12.5. The largest absolute Gasteiger partial charge is 0.467 e. The summed E-state index contributed by atoms with van der Waals surface area (Å²) in [6.07, 6.45) is 1.37. The number of methoxy groups -OCH3 is 1. The van der Waals surface area contributed by atoms with E-state index in [2.05, 4.69) is 34.6 Å². The number of rotatable bonds is 9. The average molecular weight is 641 g/mol. The first-order valence-electron chi connectivity index (χ1n) is 16.1. The van der Waals surface area contributed by atoms with Crippen LogP contribution in [0, 0.1) is 5.92 Å². The fraction of sp³-hybridized carbons (Fsp3) is 0.231. The molecule has 2 N–H and O–H groups in total. The molecule has 2 heterocycles. The number of nitrogens with zero attached hydrogens (tertiary/aromatic N) is 2. The second kappa shape index (κ2) is 12.8. The fourth-order valence-electron chi connectivity index (χ4n) is 6.90. The Morgan fingerprint density at radius 1 is 0.875 bits per heavy atom. The number of H-pyrrole nitrogens is 1. The van der Waals surface area contributed by atoms with Crippen molar-refractivity contribution in [1.29, 1.82) is 0 Å². The number of aromatic nitrogens is 3. The quantitative estimate of drug-likeness (QED) is 0.163. The van der Waals surface area contributed by atoms with Gasteiger partial charge in [-0.1, -0.05) is 92.7 Å². The number of amides is 1. The van der Waals surface area contributed by atoms with Gasteiger partial charge < -0.3 is 19.8 Å². The van der Waals surface area contributed by atoms with Crippen LogP contribution in [-0.2, 0) is 20.7 Å². The molecule has 9 heteroatoms. The number of nitrogens with one attached hydrogen (secondary N) is 2. The predicted octanol–water partition coefficient (Wildman–Crippen LogP) is 7.07. The van der Waals surface area contributed by atoms with Gasteiger partial charge in [-0.25, -0.2) is 14.6 Å². The molecule has 1 aliphatic rings. The Morgan fingerprint density at radius 2 is 1.50 bits per heavy atom. The molecular weight excluding hydrogens is 604 g/mol. The van der Waals surface area contributed by atoms with Crippen LogP contribution in [0.1, 0.15) is 54.4 Å². The molecule has 0 spiro atoms. The number of aromatic amines is 1. The molecule has 242 valence electrons. The maximum absolute atomic E-state index is 14.3. The predicted molar refractivity (Wildman–Crippen MR) is 185 cm³/mol. The molecule has 6 aromatic rings. The van der Waals surface area contributed by atoms with Crippen molar-refractivity contribution in [3.8, 4) is 11.1 Å². The number of hydrogen-bond donors (Lipinski definition) is 2. The van der Waals surface area contributed by atoms with E-state index >= 15 is 0 Å². The second-order valence-corrected chi connectivity index (χ2v) is 12.5. The highest BCUT2D eigenvalue weighted by Gasteiger charge is 2.34. The molecule has 0 saturated carbocycles. The molecule has 0 bridgehead atoms. The van der Waals surface area contributed by atoms with Gasteiger partial charge in [0.25, 0.3) is 5.56 Å². The zero-order chi connectivity index (χ0) is 33.4. The van der Waals surface area contributed by atoms with Crippen molar-refractivity contribution in [2.45, 2.75) is 38.3 Å². The standard InChI is InChI=1S/C39H36N4O5/c1-23(2)35(42-39(46)48-22-31-28-15-6-4-13-26(28)27-14-5-7-16-29(27)31)36-41-33-19-11-9-17-30(33)37(44)43(36)34(38(45)47-3)20-24-21-40-32-18-10-8-12-25(24)32/h4-19,21,23,31,34-35,40H,20,22H2,1-3H3,(H,42,46)/t34-,35+/m1/s1. The molecule has 4 aromatic carbocycles. The first-order valence-corrected chi connectivity index (χ1v) is 16.1. The summed E-state index contributed by atoms with van der Waals surface area (Å²) in [7, 11) is 1.30. The van der Waals surface area contributed by atoms with E-state index in [1.807, 2.05) is 68.6 Å². The molecule has 7 rings (SSSR count). The molecule has 0 aliphatic heterocycles. The number of esters is 1. The lowest BCUT2D eigenvalue weighted by Crippen LogP contribution is -2.41. The Labute approximate surface area is 277 Å². The lowest BCUT2D eigenvalue weighted by atomic mass is 9.98. The molecule has 0 saturated heterocycles. The van der Waals surface area contributed by atoms with E-state index < -0.39 is 29.7 Å². The van der Waals surface area contributed by atoms with Crippen LogP contribution in [0.2, 0.25) is 0 Å².